The van der Waals surface area contributed by atoms with Crippen LogP contribution >= 0.6 is 0 Å². The lowest BCUT2D eigenvalue weighted by Crippen LogP contribution is -2.31. The fourth-order valence-electron chi connectivity index (χ4n) is 3.04. The third-order valence-corrected chi connectivity index (χ3v) is 6.14. The van der Waals surface area contributed by atoms with Crippen LogP contribution in [0.2, 0.25) is 0 Å². The van der Waals surface area contributed by atoms with Crippen LogP contribution in [0.4, 0.5) is 0 Å². The molecule has 2 atom stereocenters. The molecule has 2 aromatic carbocycles. The highest BCUT2D eigenvalue weighted by molar-refractivity contribution is 7.94. The maximum absolute atomic E-state index is 12.5. The van der Waals surface area contributed by atoms with E-state index in [1.165, 1.54) is 10.8 Å². The Bertz CT molecular complexity index is 902. The molecule has 0 spiro atoms. The van der Waals surface area contributed by atoms with Crippen molar-refractivity contribution < 1.29 is 13.2 Å². The highest BCUT2D eigenvalue weighted by Gasteiger charge is 2.26. The van der Waals surface area contributed by atoms with Gasteiger partial charge in [0, 0.05) is 24.8 Å². The van der Waals surface area contributed by atoms with Gasteiger partial charge >= 0.3 is 0 Å². The Hall–Kier alpha value is -2.14. The first-order valence-electron chi connectivity index (χ1n) is 8.01. The molecule has 0 aromatic heterocycles. The van der Waals surface area contributed by atoms with E-state index >= 15 is 0 Å². The van der Waals surface area contributed by atoms with Crippen LogP contribution in [-0.4, -0.2) is 32.0 Å². The number of nitrogens with zero attached hydrogens (tertiary/aromatic N) is 1. The van der Waals surface area contributed by atoms with Gasteiger partial charge in [0.15, 0.2) is 9.84 Å². The van der Waals surface area contributed by atoms with Gasteiger partial charge in [-0.1, -0.05) is 42.5 Å². The van der Waals surface area contributed by atoms with Gasteiger partial charge in [-0.2, -0.15) is 0 Å². The summed E-state index contributed by atoms with van der Waals surface area (Å²) in [6, 6.07) is 14.3. The predicted molar refractivity (Wildman–Crippen MR) is 96.2 cm³/mol. The van der Waals surface area contributed by atoms with Gasteiger partial charge in [-0.05, 0) is 29.3 Å². The van der Waals surface area contributed by atoms with Crippen LogP contribution < -0.4 is 0 Å². The second-order valence-electron chi connectivity index (χ2n) is 6.41. The molecule has 0 bridgehead atoms. The van der Waals surface area contributed by atoms with Crippen LogP contribution in [0, 0.1) is 5.92 Å². The highest BCUT2D eigenvalue weighted by atomic mass is 32.2. The van der Waals surface area contributed by atoms with Gasteiger partial charge in [0.2, 0.25) is 5.91 Å². The lowest BCUT2D eigenvalue weighted by atomic mass is 10.0. The average Bonchev–Trinajstić information content (AvgIpc) is 2.91. The van der Waals surface area contributed by atoms with Gasteiger partial charge in [0.05, 0.1) is 11.8 Å². The van der Waals surface area contributed by atoms with Gasteiger partial charge in [-0.3, -0.25) is 4.79 Å². The summed E-state index contributed by atoms with van der Waals surface area (Å²) in [6.07, 6.45) is 1.85. The molecule has 24 heavy (non-hydrogen) atoms. The molecule has 2 aromatic rings. The second kappa shape index (κ2) is 6.40. The summed E-state index contributed by atoms with van der Waals surface area (Å²) in [4.78, 5) is 14.2. The van der Waals surface area contributed by atoms with E-state index in [9.17, 15) is 13.2 Å². The topological polar surface area (TPSA) is 54.5 Å². The van der Waals surface area contributed by atoms with Crippen LogP contribution in [0.25, 0.3) is 10.8 Å². The fraction of sp³-hybridized carbons (Fsp3) is 0.316. The second-order valence-corrected chi connectivity index (χ2v) is 8.34. The van der Waals surface area contributed by atoms with Crippen LogP contribution in [-0.2, 0) is 14.6 Å². The lowest BCUT2D eigenvalue weighted by molar-refractivity contribution is -0.132. The number of amides is 1. The molecule has 2 unspecified atom stereocenters. The van der Waals surface area contributed by atoms with Crippen LogP contribution in [0.1, 0.15) is 24.9 Å². The summed E-state index contributed by atoms with van der Waals surface area (Å²) in [5.41, 5.74) is 1.07. The zero-order valence-corrected chi connectivity index (χ0v) is 14.7. The molecule has 3 rings (SSSR count). The molecule has 126 valence electrons. The van der Waals surface area contributed by atoms with Gasteiger partial charge < -0.3 is 4.90 Å². The average molecular weight is 343 g/mol. The largest absolute Gasteiger partial charge is 0.339 e. The molecule has 1 heterocycles. The summed E-state index contributed by atoms with van der Waals surface area (Å²) in [6.45, 7) is 1.99. The molecule has 0 saturated carbocycles. The number of allylic oxidation sites excluding steroid dienone is 1. The Labute approximate surface area is 142 Å². The molecule has 1 amide bonds. The number of hydrogen-bond acceptors (Lipinski definition) is 3. The van der Waals surface area contributed by atoms with Crippen LogP contribution in [0.5, 0.6) is 0 Å². The Morgan fingerprint density at radius 3 is 2.58 bits per heavy atom. The normalized spacial score (nSPS) is 20.2. The van der Waals surface area contributed by atoms with Crippen molar-refractivity contribution in [3.05, 3.63) is 59.5 Å². The third kappa shape index (κ3) is 3.51. The maximum atomic E-state index is 12.5. The molecule has 0 N–H and O–H groups in total. The van der Waals surface area contributed by atoms with Crippen molar-refractivity contribution in [1.29, 1.82) is 0 Å². The van der Waals surface area contributed by atoms with Crippen LogP contribution in [0.15, 0.2) is 53.9 Å². The molecule has 1 aliphatic heterocycles. The summed E-state index contributed by atoms with van der Waals surface area (Å²) in [5, 5.41) is 3.54. The van der Waals surface area contributed by atoms with Crippen molar-refractivity contribution in [2.45, 2.75) is 19.4 Å². The first kappa shape index (κ1) is 16.7. The maximum Gasteiger partial charge on any atom is 0.223 e. The number of rotatable bonds is 4. The Kier molecular flexibility index (Phi) is 4.45. The molecule has 0 saturated heterocycles. The van der Waals surface area contributed by atoms with Crippen LogP contribution in [0.3, 0.4) is 0 Å². The first-order valence-corrected chi connectivity index (χ1v) is 9.72. The minimum absolute atomic E-state index is 0.0386. The molecular weight excluding hydrogens is 322 g/mol. The molecule has 4 nitrogen and oxygen atoms in total. The first-order chi connectivity index (χ1) is 11.4. The number of fused-ring (bicyclic) bond motifs is 1. The van der Waals surface area contributed by atoms with Gasteiger partial charge in [-0.15, -0.1) is 0 Å². The molecular formula is C19H21NO3S. The van der Waals surface area contributed by atoms with Crippen molar-refractivity contribution in [3.8, 4) is 0 Å². The fourth-order valence-corrected chi connectivity index (χ4v) is 4.44. The lowest BCUT2D eigenvalue weighted by Gasteiger charge is -2.26. The minimum atomic E-state index is -3.11. The Morgan fingerprint density at radius 1 is 1.21 bits per heavy atom. The van der Waals surface area contributed by atoms with Crippen molar-refractivity contribution in [1.82, 2.24) is 4.90 Å². The minimum Gasteiger partial charge on any atom is -0.339 e. The standard InChI is InChI=1S/C19H21NO3S/c1-14(17-8-7-16-5-3-4-6-18(16)12-17)20(2)19(21)11-15-9-10-24(22,23)13-15/h3-10,12,14-15H,11,13H2,1-2H3. The number of carbonyl (C=O) groups excluding carboxylic acids is 1. The summed E-state index contributed by atoms with van der Waals surface area (Å²) in [7, 11) is -1.34. The van der Waals surface area contributed by atoms with Crippen molar-refractivity contribution >= 4 is 26.5 Å². The predicted octanol–water partition coefficient (Wildman–Crippen LogP) is 3.31. The molecule has 0 radical (unpaired) electrons. The smallest absolute Gasteiger partial charge is 0.223 e. The number of hydrogen-bond donors (Lipinski definition) is 0. The van der Waals surface area contributed by atoms with E-state index in [1.54, 1.807) is 18.0 Å². The summed E-state index contributed by atoms with van der Waals surface area (Å²) in [5.74, 6) is -0.215. The Balaban J connectivity index is 1.72. The molecule has 0 fully saturated rings. The highest BCUT2D eigenvalue weighted by Crippen LogP contribution is 2.26. The zero-order valence-electron chi connectivity index (χ0n) is 13.8. The SMILES string of the molecule is CC(c1ccc2ccccc2c1)N(C)C(=O)CC1C=CS(=O)(=O)C1. The van der Waals surface area contributed by atoms with Gasteiger partial charge in [0.25, 0.3) is 0 Å². The Morgan fingerprint density at radius 2 is 1.92 bits per heavy atom. The van der Waals surface area contributed by atoms with Crippen molar-refractivity contribution in [2.24, 2.45) is 5.92 Å². The van der Waals surface area contributed by atoms with Crippen molar-refractivity contribution in [3.63, 3.8) is 0 Å². The van der Waals surface area contributed by atoms with E-state index in [-0.39, 0.29) is 30.0 Å². The van der Waals surface area contributed by atoms with Crippen molar-refractivity contribution in [2.75, 3.05) is 12.8 Å². The summed E-state index contributed by atoms with van der Waals surface area (Å²) < 4.78 is 22.9. The van der Waals surface area contributed by atoms with E-state index in [0.717, 1.165) is 10.9 Å². The zero-order chi connectivity index (χ0) is 17.3. The number of benzene rings is 2. The summed E-state index contributed by atoms with van der Waals surface area (Å²) >= 11 is 0. The van der Waals surface area contributed by atoms with Gasteiger partial charge in [0.1, 0.15) is 0 Å². The quantitative estimate of drug-likeness (QED) is 0.856. The third-order valence-electron chi connectivity index (χ3n) is 4.67. The van der Waals surface area contributed by atoms with E-state index in [2.05, 4.69) is 24.3 Å². The molecule has 5 heteroatoms. The number of sulfone groups is 1. The molecule has 1 aliphatic rings. The van der Waals surface area contributed by atoms with E-state index in [0.29, 0.717) is 0 Å². The van der Waals surface area contributed by atoms with E-state index < -0.39 is 9.84 Å². The van der Waals surface area contributed by atoms with E-state index in [4.69, 9.17) is 0 Å². The van der Waals surface area contributed by atoms with E-state index in [1.807, 2.05) is 25.1 Å². The molecule has 0 aliphatic carbocycles. The monoisotopic (exact) mass is 343 g/mol. The number of carbonyl (C=O) groups is 1. The van der Waals surface area contributed by atoms with Gasteiger partial charge in [-0.25, -0.2) is 8.42 Å².